The molecule has 0 radical (unpaired) electrons. The number of amides is 1. The van der Waals surface area contributed by atoms with E-state index < -0.39 is 0 Å². The number of nitrogens with one attached hydrogen (secondary N) is 1. The summed E-state index contributed by atoms with van der Waals surface area (Å²) in [6, 6.07) is 8.70. The van der Waals surface area contributed by atoms with Gasteiger partial charge in [-0.1, -0.05) is 18.2 Å². The molecule has 0 aromatic heterocycles. The Hall–Kier alpha value is -1.35. The van der Waals surface area contributed by atoms with Gasteiger partial charge in [0.05, 0.1) is 0 Å². The molecule has 1 atom stereocenters. The van der Waals surface area contributed by atoms with Crippen LogP contribution < -0.4 is 10.2 Å². The second-order valence-electron chi connectivity index (χ2n) is 5.75. The first-order chi connectivity index (χ1) is 9.27. The van der Waals surface area contributed by atoms with E-state index >= 15 is 0 Å². The topological polar surface area (TPSA) is 32.3 Å². The van der Waals surface area contributed by atoms with Crippen molar-refractivity contribution >= 4 is 11.6 Å². The van der Waals surface area contributed by atoms with Crippen LogP contribution in [0, 0.1) is 5.92 Å². The molecule has 19 heavy (non-hydrogen) atoms. The van der Waals surface area contributed by atoms with Crippen molar-refractivity contribution in [1.29, 1.82) is 0 Å². The number of para-hydroxylation sites is 1. The van der Waals surface area contributed by atoms with E-state index in [9.17, 15) is 4.79 Å². The molecule has 1 aromatic carbocycles. The molecule has 1 saturated heterocycles. The summed E-state index contributed by atoms with van der Waals surface area (Å²) in [7, 11) is 0. The Morgan fingerprint density at radius 3 is 2.74 bits per heavy atom. The number of anilines is 1. The zero-order valence-corrected chi connectivity index (χ0v) is 11.6. The normalized spacial score (nSPS) is 24.1. The van der Waals surface area contributed by atoms with Gasteiger partial charge in [0.2, 0.25) is 5.91 Å². The van der Waals surface area contributed by atoms with Crippen LogP contribution in [0.2, 0.25) is 0 Å². The van der Waals surface area contributed by atoms with Crippen molar-refractivity contribution in [3.8, 4) is 0 Å². The molecule has 3 nitrogen and oxygen atoms in total. The molecule has 0 bridgehead atoms. The molecular weight excluding hydrogens is 236 g/mol. The van der Waals surface area contributed by atoms with E-state index in [0.717, 1.165) is 44.5 Å². The van der Waals surface area contributed by atoms with E-state index in [1.165, 1.54) is 5.56 Å². The van der Waals surface area contributed by atoms with Crippen LogP contribution in [0.3, 0.4) is 0 Å². The smallest absolute Gasteiger partial charge is 0.230 e. The summed E-state index contributed by atoms with van der Waals surface area (Å²) < 4.78 is 0. The molecule has 0 spiro atoms. The fourth-order valence-corrected chi connectivity index (χ4v) is 3.29. The lowest BCUT2D eigenvalue weighted by atomic mass is 9.91. The average Bonchev–Trinajstić information content (AvgIpc) is 2.47. The third-order valence-electron chi connectivity index (χ3n) is 4.45. The van der Waals surface area contributed by atoms with Crippen molar-refractivity contribution in [1.82, 2.24) is 5.32 Å². The predicted octanol–water partition coefficient (Wildman–Crippen LogP) is 2.35. The van der Waals surface area contributed by atoms with Gasteiger partial charge in [0, 0.05) is 17.6 Å². The second-order valence-corrected chi connectivity index (χ2v) is 5.75. The van der Waals surface area contributed by atoms with Crippen LogP contribution in [0.15, 0.2) is 24.3 Å². The van der Waals surface area contributed by atoms with Crippen LogP contribution in [-0.2, 0) is 11.2 Å². The number of carbonyl (C=O) groups is 1. The van der Waals surface area contributed by atoms with E-state index in [1.54, 1.807) is 0 Å². The van der Waals surface area contributed by atoms with Crippen LogP contribution >= 0.6 is 0 Å². The summed E-state index contributed by atoms with van der Waals surface area (Å²) in [5.74, 6) is 0.538. The third-order valence-corrected chi connectivity index (χ3v) is 4.45. The van der Waals surface area contributed by atoms with E-state index in [2.05, 4.69) is 35.3 Å². The van der Waals surface area contributed by atoms with Gasteiger partial charge in [0.25, 0.3) is 0 Å². The minimum atomic E-state index is 0.204. The maximum atomic E-state index is 12.8. The third kappa shape index (κ3) is 2.39. The molecule has 3 rings (SSSR count). The van der Waals surface area contributed by atoms with Crippen molar-refractivity contribution in [2.45, 2.75) is 38.6 Å². The Labute approximate surface area is 115 Å². The minimum absolute atomic E-state index is 0.204. The molecule has 1 amide bonds. The maximum Gasteiger partial charge on any atom is 0.230 e. The lowest BCUT2D eigenvalue weighted by Crippen LogP contribution is -2.47. The van der Waals surface area contributed by atoms with Crippen LogP contribution in [0.1, 0.15) is 31.7 Å². The van der Waals surface area contributed by atoms with Gasteiger partial charge in [-0.15, -0.1) is 0 Å². The Morgan fingerprint density at radius 1 is 1.21 bits per heavy atom. The number of piperidine rings is 1. The molecule has 102 valence electrons. The number of benzene rings is 1. The van der Waals surface area contributed by atoms with Crippen molar-refractivity contribution < 1.29 is 4.79 Å². The summed E-state index contributed by atoms with van der Waals surface area (Å²) in [5.41, 5.74) is 2.47. The molecule has 1 unspecified atom stereocenters. The molecule has 2 aliphatic rings. The van der Waals surface area contributed by atoms with Gasteiger partial charge in [0.1, 0.15) is 0 Å². The lowest BCUT2D eigenvalue weighted by Gasteiger charge is -2.38. The van der Waals surface area contributed by atoms with Crippen LogP contribution in [0.5, 0.6) is 0 Å². The highest BCUT2D eigenvalue weighted by Gasteiger charge is 2.32. The highest BCUT2D eigenvalue weighted by Crippen LogP contribution is 2.32. The number of nitrogens with zero attached hydrogens (tertiary/aromatic N) is 1. The summed E-state index contributed by atoms with van der Waals surface area (Å²) in [6.45, 7) is 4.12. The number of carbonyl (C=O) groups excluding carboxylic acids is 1. The van der Waals surface area contributed by atoms with Crippen LogP contribution in [0.25, 0.3) is 0 Å². The van der Waals surface area contributed by atoms with E-state index in [4.69, 9.17) is 0 Å². The first-order valence-electron chi connectivity index (χ1n) is 7.39. The predicted molar refractivity (Wildman–Crippen MR) is 77.3 cm³/mol. The average molecular weight is 258 g/mol. The Kier molecular flexibility index (Phi) is 3.56. The van der Waals surface area contributed by atoms with Crippen LogP contribution in [0.4, 0.5) is 5.69 Å². The molecule has 1 aromatic rings. The monoisotopic (exact) mass is 258 g/mol. The number of rotatable bonds is 1. The number of hydrogen-bond donors (Lipinski definition) is 1. The van der Waals surface area contributed by atoms with Gasteiger partial charge < -0.3 is 10.2 Å². The highest BCUT2D eigenvalue weighted by atomic mass is 16.2. The second kappa shape index (κ2) is 5.33. The molecule has 2 heterocycles. The number of fused-ring (bicyclic) bond motifs is 1. The SMILES string of the molecule is CC1CCc2ccccc2N1C(=O)C1CCNCC1. The van der Waals surface area contributed by atoms with E-state index in [0.29, 0.717) is 11.9 Å². The molecule has 0 saturated carbocycles. The van der Waals surface area contributed by atoms with E-state index in [-0.39, 0.29) is 5.92 Å². The van der Waals surface area contributed by atoms with Gasteiger partial charge in [-0.2, -0.15) is 0 Å². The van der Waals surface area contributed by atoms with Gasteiger partial charge in [-0.3, -0.25) is 4.79 Å². The largest absolute Gasteiger partial charge is 0.317 e. The van der Waals surface area contributed by atoms with Gasteiger partial charge >= 0.3 is 0 Å². The van der Waals surface area contributed by atoms with Crippen molar-refractivity contribution in [2.24, 2.45) is 5.92 Å². The molecule has 1 fully saturated rings. The molecular formula is C16H22N2O. The summed E-state index contributed by atoms with van der Waals surface area (Å²) in [4.78, 5) is 14.9. The zero-order chi connectivity index (χ0) is 13.2. The van der Waals surface area contributed by atoms with Crippen molar-refractivity contribution in [3.63, 3.8) is 0 Å². The fourth-order valence-electron chi connectivity index (χ4n) is 3.29. The summed E-state index contributed by atoms with van der Waals surface area (Å²) in [6.07, 6.45) is 4.12. The quantitative estimate of drug-likeness (QED) is 0.838. The summed E-state index contributed by atoms with van der Waals surface area (Å²) in [5, 5.41) is 3.33. The van der Waals surface area contributed by atoms with Gasteiger partial charge in [0.15, 0.2) is 0 Å². The standard InChI is InChI=1S/C16H22N2O/c1-12-6-7-13-4-2-3-5-15(13)18(12)16(19)14-8-10-17-11-9-14/h2-5,12,14,17H,6-11H2,1H3. The van der Waals surface area contributed by atoms with Crippen molar-refractivity contribution in [3.05, 3.63) is 29.8 Å². The van der Waals surface area contributed by atoms with Crippen LogP contribution in [-0.4, -0.2) is 25.0 Å². The first-order valence-corrected chi connectivity index (χ1v) is 7.39. The van der Waals surface area contributed by atoms with E-state index in [1.807, 2.05) is 6.07 Å². The molecule has 3 heteroatoms. The molecule has 1 N–H and O–H groups in total. The highest BCUT2D eigenvalue weighted by molar-refractivity contribution is 5.96. The lowest BCUT2D eigenvalue weighted by molar-refractivity contribution is -0.123. The first kappa shape index (κ1) is 12.7. The molecule has 0 aliphatic carbocycles. The Bertz CT molecular complexity index is 466. The Morgan fingerprint density at radius 2 is 1.95 bits per heavy atom. The number of hydrogen-bond acceptors (Lipinski definition) is 2. The maximum absolute atomic E-state index is 12.8. The minimum Gasteiger partial charge on any atom is -0.317 e. The van der Waals surface area contributed by atoms with Gasteiger partial charge in [-0.25, -0.2) is 0 Å². The number of aryl methyl sites for hydroxylation is 1. The van der Waals surface area contributed by atoms with Crippen molar-refractivity contribution in [2.75, 3.05) is 18.0 Å². The summed E-state index contributed by atoms with van der Waals surface area (Å²) >= 11 is 0. The van der Waals surface area contributed by atoms with Gasteiger partial charge in [-0.05, 0) is 57.3 Å². The molecule has 2 aliphatic heterocycles. The Balaban J connectivity index is 1.88. The fraction of sp³-hybridized carbons (Fsp3) is 0.562. The zero-order valence-electron chi connectivity index (χ0n) is 11.6.